The molecule has 0 fully saturated rings. The molecule has 0 nitrogen and oxygen atoms in total. The summed E-state index contributed by atoms with van der Waals surface area (Å²) < 4.78 is 0. The van der Waals surface area contributed by atoms with Crippen molar-refractivity contribution in [2.45, 2.75) is 57.7 Å². The molecule has 1 heteroatoms. The molecule has 0 saturated heterocycles. The number of rotatable bonds is 6. The van der Waals surface area contributed by atoms with Gasteiger partial charge in [-0.25, -0.2) is 0 Å². The number of hydrogen-bond acceptors (Lipinski definition) is 0. The molecule has 0 aliphatic rings. The largest absolute Gasteiger partial charge is 0.119 e. The second kappa shape index (κ2) is 10.5. The Morgan fingerprint density at radius 3 is 1.45 bits per heavy atom. The predicted molar refractivity (Wildman–Crippen MR) is 101 cm³/mol. The summed E-state index contributed by atoms with van der Waals surface area (Å²) in [5.74, 6) is 0. The summed E-state index contributed by atoms with van der Waals surface area (Å²) in [5.41, 5.74) is 2.55. The third-order valence-corrected chi connectivity index (χ3v) is 4.85. The van der Waals surface area contributed by atoms with E-state index >= 15 is 0 Å². The third kappa shape index (κ3) is 6.66. The van der Waals surface area contributed by atoms with Gasteiger partial charge in [-0.3, -0.25) is 0 Å². The van der Waals surface area contributed by atoms with E-state index in [9.17, 15) is 0 Å². The highest BCUT2D eigenvalue weighted by molar-refractivity contribution is 6.23. The van der Waals surface area contributed by atoms with Crippen LogP contribution >= 0.6 is 11.6 Å². The number of alkyl halides is 1. The lowest BCUT2D eigenvalue weighted by atomic mass is 9.96. The van der Waals surface area contributed by atoms with Crippen molar-refractivity contribution in [3.63, 3.8) is 0 Å². The van der Waals surface area contributed by atoms with Crippen molar-refractivity contribution in [1.82, 2.24) is 0 Å². The predicted octanol–water partition coefficient (Wildman–Crippen LogP) is 7.33. The smallest absolute Gasteiger partial charge is 0.0441 e. The summed E-state index contributed by atoms with van der Waals surface area (Å²) in [5, 5.41) is 0. The fraction of sp³-hybridized carbons (Fsp3) is 0.429. The maximum absolute atomic E-state index is 6.29. The number of benzene rings is 2. The van der Waals surface area contributed by atoms with Crippen molar-refractivity contribution in [1.29, 1.82) is 0 Å². The normalized spacial score (nSPS) is 10.7. The van der Waals surface area contributed by atoms with Crippen LogP contribution in [-0.4, -0.2) is 4.87 Å². The van der Waals surface area contributed by atoms with Crippen LogP contribution in [0.3, 0.4) is 0 Å². The van der Waals surface area contributed by atoms with E-state index in [1.807, 2.05) is 12.1 Å². The molecule has 0 saturated carbocycles. The Hall–Kier alpha value is -1.27. The fourth-order valence-corrected chi connectivity index (χ4v) is 2.49. The molecule has 120 valence electrons. The summed E-state index contributed by atoms with van der Waals surface area (Å²) in [6.45, 7) is 6.56. The van der Waals surface area contributed by atoms with Gasteiger partial charge in [0.25, 0.3) is 0 Å². The molecule has 0 bridgehead atoms. The second-order valence-corrected chi connectivity index (χ2v) is 6.50. The Morgan fingerprint density at radius 2 is 1.14 bits per heavy atom. The first-order valence-corrected chi connectivity index (χ1v) is 8.82. The van der Waals surface area contributed by atoms with Crippen molar-refractivity contribution in [3.8, 4) is 11.1 Å². The van der Waals surface area contributed by atoms with E-state index in [2.05, 4.69) is 69.3 Å². The van der Waals surface area contributed by atoms with E-state index in [0.29, 0.717) is 0 Å². The van der Waals surface area contributed by atoms with E-state index in [4.69, 9.17) is 11.6 Å². The minimum atomic E-state index is 0.107. The van der Waals surface area contributed by atoms with Crippen LogP contribution in [0.25, 0.3) is 11.1 Å². The van der Waals surface area contributed by atoms with Crippen molar-refractivity contribution >= 4 is 11.6 Å². The van der Waals surface area contributed by atoms with Gasteiger partial charge < -0.3 is 0 Å². The lowest BCUT2D eigenvalue weighted by Gasteiger charge is -2.23. The zero-order chi connectivity index (χ0) is 16.3. The first-order valence-electron chi connectivity index (χ1n) is 8.44. The van der Waals surface area contributed by atoms with Gasteiger partial charge in [0.1, 0.15) is 0 Å². The average molecular weight is 317 g/mol. The van der Waals surface area contributed by atoms with Gasteiger partial charge in [0, 0.05) is 4.87 Å². The Balaban J connectivity index is 0.000000225. The van der Waals surface area contributed by atoms with Gasteiger partial charge >= 0.3 is 0 Å². The standard InChI is InChI=1S/C12H10.C9H19Cl/c1-3-7-11(8-4-1)12-9-5-2-6-10-12;1-4-7-8-9(10,5-2)6-3/h1-10H;4-8H2,1-3H3. The molecule has 22 heavy (non-hydrogen) atoms. The van der Waals surface area contributed by atoms with Crippen molar-refractivity contribution in [3.05, 3.63) is 60.7 Å². The molecule has 0 N–H and O–H groups in total. The van der Waals surface area contributed by atoms with Gasteiger partial charge in [0.05, 0.1) is 0 Å². The molecule has 0 aliphatic heterocycles. The van der Waals surface area contributed by atoms with Gasteiger partial charge in [-0.2, -0.15) is 0 Å². The van der Waals surface area contributed by atoms with Crippen LogP contribution in [0.1, 0.15) is 52.9 Å². The number of unbranched alkanes of at least 4 members (excludes halogenated alkanes) is 1. The van der Waals surface area contributed by atoms with E-state index in [1.54, 1.807) is 0 Å². The SMILES string of the molecule is CCCCC(Cl)(CC)CC.c1ccc(-c2ccccc2)cc1. The summed E-state index contributed by atoms with van der Waals surface area (Å²) in [6, 6.07) is 20.8. The molecule has 0 aromatic heterocycles. The lowest BCUT2D eigenvalue weighted by molar-refractivity contribution is 0.476. The topological polar surface area (TPSA) is 0 Å². The Bertz CT molecular complexity index is 448. The van der Waals surface area contributed by atoms with E-state index in [-0.39, 0.29) is 4.87 Å². The van der Waals surface area contributed by atoms with Gasteiger partial charge in [-0.15, -0.1) is 11.6 Å². The molecule has 2 aromatic carbocycles. The summed E-state index contributed by atoms with van der Waals surface area (Å²) >= 11 is 6.29. The first-order chi connectivity index (χ1) is 10.6. The molecule has 2 aromatic rings. The Kier molecular flexibility index (Phi) is 8.92. The highest BCUT2D eigenvalue weighted by atomic mass is 35.5. The highest BCUT2D eigenvalue weighted by Gasteiger charge is 2.20. The van der Waals surface area contributed by atoms with Gasteiger partial charge in [-0.05, 0) is 30.4 Å². The molecule has 0 heterocycles. The van der Waals surface area contributed by atoms with Crippen LogP contribution in [0.15, 0.2) is 60.7 Å². The minimum absolute atomic E-state index is 0.107. The zero-order valence-corrected chi connectivity index (χ0v) is 14.9. The molecule has 2 rings (SSSR count). The quantitative estimate of drug-likeness (QED) is 0.489. The van der Waals surface area contributed by atoms with Crippen molar-refractivity contribution in [2.75, 3.05) is 0 Å². The Labute approximate surface area is 141 Å². The van der Waals surface area contributed by atoms with Crippen molar-refractivity contribution in [2.24, 2.45) is 0 Å². The second-order valence-electron chi connectivity index (χ2n) is 5.69. The molecule has 0 atom stereocenters. The molecular weight excluding hydrogens is 288 g/mol. The minimum Gasteiger partial charge on any atom is -0.119 e. The van der Waals surface area contributed by atoms with Gasteiger partial charge in [-0.1, -0.05) is 94.3 Å². The van der Waals surface area contributed by atoms with Gasteiger partial charge in [0.15, 0.2) is 0 Å². The van der Waals surface area contributed by atoms with Crippen LogP contribution in [-0.2, 0) is 0 Å². The third-order valence-electron chi connectivity index (χ3n) is 4.13. The van der Waals surface area contributed by atoms with Gasteiger partial charge in [0.2, 0.25) is 0 Å². The Morgan fingerprint density at radius 1 is 0.727 bits per heavy atom. The van der Waals surface area contributed by atoms with Crippen LogP contribution < -0.4 is 0 Å². The molecule has 0 unspecified atom stereocenters. The zero-order valence-electron chi connectivity index (χ0n) is 14.2. The maximum Gasteiger partial charge on any atom is 0.0441 e. The highest BCUT2D eigenvalue weighted by Crippen LogP contribution is 2.29. The number of halogens is 1. The first kappa shape index (κ1) is 18.8. The summed E-state index contributed by atoms with van der Waals surface area (Å²) in [6.07, 6.45) is 5.91. The van der Waals surface area contributed by atoms with E-state index in [1.165, 1.54) is 30.4 Å². The summed E-state index contributed by atoms with van der Waals surface area (Å²) in [4.78, 5) is 0.107. The molecule has 0 radical (unpaired) electrons. The molecule has 0 amide bonds. The van der Waals surface area contributed by atoms with Crippen LogP contribution in [0.4, 0.5) is 0 Å². The lowest BCUT2D eigenvalue weighted by Crippen LogP contribution is -2.18. The molecule has 0 spiro atoms. The van der Waals surface area contributed by atoms with E-state index in [0.717, 1.165) is 12.8 Å². The molecular formula is C21H29Cl. The maximum atomic E-state index is 6.29. The van der Waals surface area contributed by atoms with E-state index < -0.39 is 0 Å². The fourth-order valence-electron chi connectivity index (χ4n) is 2.36. The molecule has 0 aliphatic carbocycles. The van der Waals surface area contributed by atoms with Crippen molar-refractivity contribution < 1.29 is 0 Å². The van der Waals surface area contributed by atoms with Crippen LogP contribution in [0.2, 0.25) is 0 Å². The van der Waals surface area contributed by atoms with Crippen LogP contribution in [0.5, 0.6) is 0 Å². The average Bonchev–Trinajstić information content (AvgIpc) is 2.62. The monoisotopic (exact) mass is 316 g/mol. The van der Waals surface area contributed by atoms with Crippen LogP contribution in [0, 0.1) is 0 Å². The summed E-state index contributed by atoms with van der Waals surface area (Å²) in [7, 11) is 0. The number of hydrogen-bond donors (Lipinski definition) is 0.